The van der Waals surface area contributed by atoms with Crippen LogP contribution >= 0.6 is 0 Å². The van der Waals surface area contributed by atoms with Crippen molar-refractivity contribution < 1.29 is 4.74 Å². The third-order valence-electron chi connectivity index (χ3n) is 3.55. The first kappa shape index (κ1) is 8.34. The standard InChI is InChI=1S/C13H16O/c1-9-6-7-13-11(8-9)10-4-2-3-5-12(10)14-13/h6-8,10,12H,2-5H2,1H3. The molecule has 2 atom stereocenters. The summed E-state index contributed by atoms with van der Waals surface area (Å²) in [6.45, 7) is 2.16. The van der Waals surface area contributed by atoms with Gasteiger partial charge in [-0.3, -0.25) is 0 Å². The van der Waals surface area contributed by atoms with E-state index in [-0.39, 0.29) is 0 Å². The van der Waals surface area contributed by atoms with Crippen LogP contribution in [0.4, 0.5) is 0 Å². The quantitative estimate of drug-likeness (QED) is 0.606. The first-order valence-corrected chi connectivity index (χ1v) is 5.62. The Morgan fingerprint density at radius 2 is 2.07 bits per heavy atom. The second-order valence-corrected chi connectivity index (χ2v) is 4.59. The molecule has 1 aliphatic heterocycles. The Hall–Kier alpha value is -0.980. The van der Waals surface area contributed by atoms with Crippen molar-refractivity contribution in [1.82, 2.24) is 0 Å². The Balaban J connectivity index is 2.02. The first-order valence-electron chi connectivity index (χ1n) is 5.62. The van der Waals surface area contributed by atoms with Gasteiger partial charge in [-0.05, 0) is 32.3 Å². The topological polar surface area (TPSA) is 9.23 Å². The molecule has 74 valence electrons. The van der Waals surface area contributed by atoms with Gasteiger partial charge in [-0.15, -0.1) is 0 Å². The zero-order chi connectivity index (χ0) is 9.54. The van der Waals surface area contributed by atoms with E-state index in [0.717, 1.165) is 5.75 Å². The third kappa shape index (κ3) is 1.15. The van der Waals surface area contributed by atoms with E-state index >= 15 is 0 Å². The van der Waals surface area contributed by atoms with Crippen molar-refractivity contribution in [2.75, 3.05) is 0 Å². The van der Waals surface area contributed by atoms with Crippen LogP contribution in [0.5, 0.6) is 5.75 Å². The van der Waals surface area contributed by atoms with Crippen molar-refractivity contribution in [2.45, 2.75) is 44.6 Å². The summed E-state index contributed by atoms with van der Waals surface area (Å²) in [6, 6.07) is 6.60. The molecular weight excluding hydrogens is 172 g/mol. The van der Waals surface area contributed by atoms with E-state index in [2.05, 4.69) is 25.1 Å². The van der Waals surface area contributed by atoms with Crippen LogP contribution < -0.4 is 4.74 Å². The molecule has 1 saturated carbocycles. The molecule has 1 nitrogen and oxygen atoms in total. The maximum atomic E-state index is 5.97. The van der Waals surface area contributed by atoms with Crippen molar-refractivity contribution in [3.05, 3.63) is 29.3 Å². The zero-order valence-electron chi connectivity index (χ0n) is 8.62. The van der Waals surface area contributed by atoms with Crippen molar-refractivity contribution in [2.24, 2.45) is 0 Å². The maximum absolute atomic E-state index is 5.97. The fraction of sp³-hybridized carbons (Fsp3) is 0.538. The van der Waals surface area contributed by atoms with Gasteiger partial charge in [-0.25, -0.2) is 0 Å². The molecule has 1 heteroatoms. The minimum Gasteiger partial charge on any atom is -0.489 e. The van der Waals surface area contributed by atoms with Crippen LogP contribution in [0, 0.1) is 6.92 Å². The first-order chi connectivity index (χ1) is 6.84. The minimum absolute atomic E-state index is 0.487. The van der Waals surface area contributed by atoms with Crippen LogP contribution in [0.15, 0.2) is 18.2 Å². The molecular formula is C13H16O. The second-order valence-electron chi connectivity index (χ2n) is 4.59. The predicted octanol–water partition coefficient (Wildman–Crippen LogP) is 3.41. The van der Waals surface area contributed by atoms with E-state index in [1.54, 1.807) is 0 Å². The Bertz CT molecular complexity index is 356. The SMILES string of the molecule is Cc1ccc2c(c1)C1CCCCC1O2. The van der Waals surface area contributed by atoms with Crippen molar-refractivity contribution in [1.29, 1.82) is 0 Å². The summed E-state index contributed by atoms with van der Waals surface area (Å²) in [4.78, 5) is 0. The van der Waals surface area contributed by atoms with Crippen LogP contribution in [0.3, 0.4) is 0 Å². The summed E-state index contributed by atoms with van der Waals surface area (Å²) >= 11 is 0. The van der Waals surface area contributed by atoms with Crippen LogP contribution in [0.25, 0.3) is 0 Å². The van der Waals surface area contributed by atoms with Crippen LogP contribution in [-0.2, 0) is 0 Å². The minimum atomic E-state index is 0.487. The fourth-order valence-electron chi connectivity index (χ4n) is 2.82. The van der Waals surface area contributed by atoms with Crippen LogP contribution in [-0.4, -0.2) is 6.10 Å². The van der Waals surface area contributed by atoms with Gasteiger partial charge in [-0.1, -0.05) is 24.1 Å². The highest BCUT2D eigenvalue weighted by molar-refractivity contribution is 5.43. The molecule has 1 aromatic rings. The van der Waals surface area contributed by atoms with E-state index in [1.165, 1.54) is 36.8 Å². The molecule has 0 radical (unpaired) electrons. The Morgan fingerprint density at radius 1 is 1.21 bits per heavy atom. The molecule has 0 bridgehead atoms. The molecule has 2 aliphatic rings. The number of hydrogen-bond donors (Lipinski definition) is 0. The molecule has 0 spiro atoms. The Labute approximate surface area is 85.1 Å². The molecule has 0 amide bonds. The molecule has 3 rings (SSSR count). The largest absolute Gasteiger partial charge is 0.489 e. The molecule has 1 fully saturated rings. The average molecular weight is 188 g/mol. The van der Waals surface area contributed by atoms with Gasteiger partial charge in [-0.2, -0.15) is 0 Å². The van der Waals surface area contributed by atoms with Gasteiger partial charge >= 0.3 is 0 Å². The lowest BCUT2D eigenvalue weighted by Gasteiger charge is -2.23. The average Bonchev–Trinajstić information content (AvgIpc) is 2.56. The van der Waals surface area contributed by atoms with Gasteiger partial charge in [0.05, 0.1) is 0 Å². The summed E-state index contributed by atoms with van der Waals surface area (Å²) in [7, 11) is 0. The monoisotopic (exact) mass is 188 g/mol. The number of hydrogen-bond acceptors (Lipinski definition) is 1. The highest BCUT2D eigenvalue weighted by atomic mass is 16.5. The van der Waals surface area contributed by atoms with E-state index in [4.69, 9.17) is 4.74 Å². The molecule has 1 aromatic carbocycles. The van der Waals surface area contributed by atoms with E-state index < -0.39 is 0 Å². The highest BCUT2D eigenvalue weighted by Gasteiger charge is 2.35. The van der Waals surface area contributed by atoms with E-state index in [9.17, 15) is 0 Å². The van der Waals surface area contributed by atoms with E-state index in [1.807, 2.05) is 0 Å². The maximum Gasteiger partial charge on any atom is 0.123 e. The van der Waals surface area contributed by atoms with Crippen molar-refractivity contribution >= 4 is 0 Å². The summed E-state index contributed by atoms with van der Waals surface area (Å²) in [5, 5.41) is 0. The van der Waals surface area contributed by atoms with Gasteiger partial charge in [0.25, 0.3) is 0 Å². The molecule has 1 heterocycles. The van der Waals surface area contributed by atoms with Crippen LogP contribution in [0.1, 0.15) is 42.7 Å². The lowest BCUT2D eigenvalue weighted by Crippen LogP contribution is -2.22. The fourth-order valence-corrected chi connectivity index (χ4v) is 2.82. The molecule has 0 saturated heterocycles. The smallest absolute Gasteiger partial charge is 0.123 e. The lowest BCUT2D eigenvalue weighted by atomic mass is 9.83. The summed E-state index contributed by atoms with van der Waals surface area (Å²) < 4.78 is 5.97. The van der Waals surface area contributed by atoms with Gasteiger partial charge in [0, 0.05) is 11.5 Å². The lowest BCUT2D eigenvalue weighted by molar-refractivity contribution is 0.164. The second kappa shape index (κ2) is 3.01. The normalized spacial score (nSPS) is 29.2. The van der Waals surface area contributed by atoms with Crippen molar-refractivity contribution in [3.63, 3.8) is 0 Å². The van der Waals surface area contributed by atoms with Crippen molar-refractivity contribution in [3.8, 4) is 5.75 Å². The van der Waals surface area contributed by atoms with Crippen LogP contribution in [0.2, 0.25) is 0 Å². The van der Waals surface area contributed by atoms with E-state index in [0.29, 0.717) is 12.0 Å². The Kier molecular flexibility index (Phi) is 1.79. The van der Waals surface area contributed by atoms with Gasteiger partial charge in [0.15, 0.2) is 0 Å². The number of aryl methyl sites for hydroxylation is 1. The van der Waals surface area contributed by atoms with Gasteiger partial charge in [0.1, 0.15) is 11.9 Å². The third-order valence-corrected chi connectivity index (χ3v) is 3.55. The molecule has 1 aliphatic carbocycles. The highest BCUT2D eigenvalue weighted by Crippen LogP contribution is 2.45. The molecule has 2 unspecified atom stereocenters. The summed E-state index contributed by atoms with van der Waals surface area (Å²) in [6.07, 6.45) is 5.77. The van der Waals surface area contributed by atoms with Gasteiger partial charge in [0.2, 0.25) is 0 Å². The molecule has 0 N–H and O–H groups in total. The van der Waals surface area contributed by atoms with Gasteiger partial charge < -0.3 is 4.74 Å². The summed E-state index contributed by atoms with van der Waals surface area (Å²) in [5.41, 5.74) is 2.83. The number of ether oxygens (including phenoxy) is 1. The predicted molar refractivity (Wildman–Crippen MR) is 56.8 cm³/mol. The zero-order valence-corrected chi connectivity index (χ0v) is 8.62. The molecule has 14 heavy (non-hydrogen) atoms. The Morgan fingerprint density at radius 3 is 3.00 bits per heavy atom. The summed E-state index contributed by atoms with van der Waals surface area (Å²) in [5.74, 6) is 1.84. The number of rotatable bonds is 0. The number of benzene rings is 1. The molecule has 0 aromatic heterocycles. The number of fused-ring (bicyclic) bond motifs is 3.